The van der Waals surface area contributed by atoms with Gasteiger partial charge in [-0.05, 0) is 38.0 Å². The second-order valence-electron chi connectivity index (χ2n) is 7.18. The molecule has 7 nitrogen and oxygen atoms in total. The molecule has 0 aromatic heterocycles. The van der Waals surface area contributed by atoms with Gasteiger partial charge in [0.1, 0.15) is 0 Å². The number of aliphatic hydroxyl groups excluding tert-OH is 1. The molecule has 0 spiro atoms. The molecule has 0 amide bonds. The lowest BCUT2D eigenvalue weighted by atomic mass is 9.94. The first-order chi connectivity index (χ1) is 13.8. The van der Waals surface area contributed by atoms with E-state index in [1.54, 1.807) is 44.2 Å². The van der Waals surface area contributed by atoms with Crippen LogP contribution in [0.3, 0.4) is 0 Å². The van der Waals surface area contributed by atoms with E-state index in [1.807, 2.05) is 0 Å². The number of sulfonamides is 1. The standard InChI is InChI=1S/C21H27NO6S/c1-13(2)22-16(19(23)15-8-6-7-9-18(15)29(22,24)25)12-14-10-11-17(26-3)21(28-5)20(14)27-4/h6-11,13,16,19,23H,12H2,1-5H3/t16-,19+/m0/s1. The van der Waals surface area contributed by atoms with Crippen LogP contribution in [0.5, 0.6) is 17.2 Å². The summed E-state index contributed by atoms with van der Waals surface area (Å²) in [6.45, 7) is 3.61. The zero-order valence-corrected chi connectivity index (χ0v) is 18.1. The molecule has 1 aliphatic heterocycles. The molecule has 0 bridgehead atoms. The predicted octanol–water partition coefficient (Wildman–Crippen LogP) is 2.77. The monoisotopic (exact) mass is 421 g/mol. The Morgan fingerprint density at radius 3 is 2.24 bits per heavy atom. The van der Waals surface area contributed by atoms with Gasteiger partial charge < -0.3 is 19.3 Å². The fourth-order valence-electron chi connectivity index (χ4n) is 4.01. The lowest BCUT2D eigenvalue weighted by Crippen LogP contribution is -2.52. The van der Waals surface area contributed by atoms with Gasteiger partial charge in [-0.1, -0.05) is 24.3 Å². The SMILES string of the molecule is COc1ccc(C[C@H]2[C@H](O)c3ccccc3S(=O)(=O)N2C(C)C)c(OC)c1OC. The van der Waals surface area contributed by atoms with Crippen molar-refractivity contribution in [2.24, 2.45) is 0 Å². The highest BCUT2D eigenvalue weighted by Crippen LogP contribution is 2.44. The summed E-state index contributed by atoms with van der Waals surface area (Å²) in [6, 6.07) is 9.12. The highest BCUT2D eigenvalue weighted by atomic mass is 32.2. The van der Waals surface area contributed by atoms with Crippen molar-refractivity contribution in [2.75, 3.05) is 21.3 Å². The maximum absolute atomic E-state index is 13.3. The Morgan fingerprint density at radius 2 is 1.66 bits per heavy atom. The molecule has 0 saturated heterocycles. The first-order valence-electron chi connectivity index (χ1n) is 9.36. The predicted molar refractivity (Wildman–Crippen MR) is 109 cm³/mol. The molecular formula is C21H27NO6S. The molecule has 2 atom stereocenters. The van der Waals surface area contributed by atoms with Gasteiger partial charge in [0.25, 0.3) is 0 Å². The Balaban J connectivity index is 2.13. The van der Waals surface area contributed by atoms with Crippen molar-refractivity contribution in [3.63, 3.8) is 0 Å². The van der Waals surface area contributed by atoms with Crippen LogP contribution in [0.4, 0.5) is 0 Å². The van der Waals surface area contributed by atoms with Crippen LogP contribution < -0.4 is 14.2 Å². The van der Waals surface area contributed by atoms with Crippen molar-refractivity contribution < 1.29 is 27.7 Å². The average molecular weight is 422 g/mol. The fraction of sp³-hybridized carbons (Fsp3) is 0.429. The van der Waals surface area contributed by atoms with Crippen LogP contribution >= 0.6 is 0 Å². The van der Waals surface area contributed by atoms with E-state index < -0.39 is 22.2 Å². The number of hydrogen-bond acceptors (Lipinski definition) is 6. The molecule has 1 aliphatic rings. The number of benzene rings is 2. The average Bonchev–Trinajstić information content (AvgIpc) is 2.70. The molecule has 0 aliphatic carbocycles. The van der Waals surface area contributed by atoms with Gasteiger partial charge in [0.15, 0.2) is 11.5 Å². The second kappa shape index (κ2) is 8.22. The molecule has 158 valence electrons. The van der Waals surface area contributed by atoms with Gasteiger partial charge in [-0.2, -0.15) is 4.31 Å². The lowest BCUT2D eigenvalue weighted by molar-refractivity contribution is 0.0681. The molecule has 29 heavy (non-hydrogen) atoms. The van der Waals surface area contributed by atoms with E-state index in [9.17, 15) is 13.5 Å². The Bertz CT molecular complexity index is 989. The van der Waals surface area contributed by atoms with E-state index in [0.29, 0.717) is 22.8 Å². The number of ether oxygens (including phenoxy) is 3. The minimum absolute atomic E-state index is 0.150. The third-order valence-electron chi connectivity index (χ3n) is 5.21. The van der Waals surface area contributed by atoms with Crippen molar-refractivity contribution in [3.8, 4) is 17.2 Å². The molecule has 8 heteroatoms. The first kappa shape index (κ1) is 21.4. The van der Waals surface area contributed by atoms with Crippen LogP contribution in [-0.2, 0) is 16.4 Å². The highest BCUT2D eigenvalue weighted by molar-refractivity contribution is 7.89. The number of rotatable bonds is 6. The van der Waals surface area contributed by atoms with Gasteiger partial charge in [0.2, 0.25) is 15.8 Å². The zero-order valence-electron chi connectivity index (χ0n) is 17.2. The van der Waals surface area contributed by atoms with Crippen molar-refractivity contribution in [2.45, 2.75) is 43.4 Å². The summed E-state index contributed by atoms with van der Waals surface area (Å²) in [5, 5.41) is 11.1. The molecule has 0 saturated carbocycles. The third kappa shape index (κ3) is 3.56. The maximum atomic E-state index is 13.3. The van der Waals surface area contributed by atoms with E-state index in [2.05, 4.69) is 0 Å². The number of methoxy groups -OCH3 is 3. The first-order valence-corrected chi connectivity index (χ1v) is 10.8. The van der Waals surface area contributed by atoms with Crippen LogP contribution in [0.1, 0.15) is 31.1 Å². The molecule has 0 fully saturated rings. The molecule has 0 unspecified atom stereocenters. The van der Waals surface area contributed by atoms with Crippen molar-refractivity contribution in [1.82, 2.24) is 4.31 Å². The van der Waals surface area contributed by atoms with Gasteiger partial charge in [0.05, 0.1) is 38.4 Å². The van der Waals surface area contributed by atoms with Gasteiger partial charge in [-0.25, -0.2) is 8.42 Å². The molecule has 1 heterocycles. The molecule has 1 N–H and O–H groups in total. The molecule has 2 aromatic rings. The van der Waals surface area contributed by atoms with E-state index in [-0.39, 0.29) is 17.4 Å². The van der Waals surface area contributed by atoms with Crippen molar-refractivity contribution >= 4 is 10.0 Å². The smallest absolute Gasteiger partial charge is 0.244 e. The van der Waals surface area contributed by atoms with Crippen LogP contribution in [0.25, 0.3) is 0 Å². The van der Waals surface area contributed by atoms with Gasteiger partial charge in [0, 0.05) is 11.6 Å². The minimum Gasteiger partial charge on any atom is -0.493 e. The molecular weight excluding hydrogens is 394 g/mol. The lowest BCUT2D eigenvalue weighted by Gasteiger charge is -2.41. The molecule has 0 radical (unpaired) electrons. The topological polar surface area (TPSA) is 85.3 Å². The van der Waals surface area contributed by atoms with Crippen LogP contribution in [0.15, 0.2) is 41.3 Å². The fourth-order valence-corrected chi connectivity index (χ4v) is 6.08. The normalized spacial score (nSPS) is 20.9. The Labute approximate surface area is 171 Å². The summed E-state index contributed by atoms with van der Waals surface area (Å²) in [7, 11) is 0.811. The second-order valence-corrected chi connectivity index (χ2v) is 8.99. The van der Waals surface area contributed by atoms with E-state index in [0.717, 1.165) is 5.56 Å². The van der Waals surface area contributed by atoms with E-state index >= 15 is 0 Å². The Morgan fingerprint density at radius 1 is 1.00 bits per heavy atom. The summed E-state index contributed by atoms with van der Waals surface area (Å²) in [5.41, 5.74) is 1.13. The number of nitrogens with zero attached hydrogens (tertiary/aromatic N) is 1. The van der Waals surface area contributed by atoms with Gasteiger partial charge in [-0.3, -0.25) is 0 Å². The zero-order chi connectivity index (χ0) is 21.3. The summed E-state index contributed by atoms with van der Waals surface area (Å²) in [6.07, 6.45) is -0.730. The van der Waals surface area contributed by atoms with Crippen molar-refractivity contribution in [1.29, 1.82) is 0 Å². The number of aliphatic hydroxyl groups is 1. The Kier molecular flexibility index (Phi) is 6.07. The Hall–Kier alpha value is -2.29. The van der Waals surface area contributed by atoms with E-state index in [4.69, 9.17) is 14.2 Å². The van der Waals surface area contributed by atoms with Crippen LogP contribution in [0.2, 0.25) is 0 Å². The van der Waals surface area contributed by atoms with Gasteiger partial charge >= 0.3 is 0 Å². The van der Waals surface area contributed by atoms with E-state index in [1.165, 1.54) is 31.7 Å². The highest BCUT2D eigenvalue weighted by Gasteiger charge is 2.45. The van der Waals surface area contributed by atoms with Crippen LogP contribution in [-0.4, -0.2) is 51.2 Å². The third-order valence-corrected chi connectivity index (χ3v) is 7.38. The summed E-state index contributed by atoms with van der Waals surface area (Å²) in [4.78, 5) is 0.150. The van der Waals surface area contributed by atoms with Crippen LogP contribution in [0, 0.1) is 0 Å². The van der Waals surface area contributed by atoms with Gasteiger partial charge in [-0.15, -0.1) is 0 Å². The summed E-state index contributed by atoms with van der Waals surface area (Å²) >= 11 is 0. The molecule has 2 aromatic carbocycles. The summed E-state index contributed by atoms with van der Waals surface area (Å²) in [5.74, 6) is 1.40. The largest absolute Gasteiger partial charge is 0.493 e. The van der Waals surface area contributed by atoms with Crippen molar-refractivity contribution in [3.05, 3.63) is 47.5 Å². The maximum Gasteiger partial charge on any atom is 0.244 e. The minimum atomic E-state index is -3.76. The number of fused-ring (bicyclic) bond motifs is 1. The number of hydrogen-bond donors (Lipinski definition) is 1. The quantitative estimate of drug-likeness (QED) is 0.772. The summed E-state index contributed by atoms with van der Waals surface area (Å²) < 4.78 is 44.3. The molecule has 3 rings (SSSR count).